The van der Waals surface area contributed by atoms with E-state index in [1.165, 1.54) is 7.05 Å². The third-order valence-electron chi connectivity index (χ3n) is 4.19. The Labute approximate surface area is 129 Å². The number of hydrogen-bond acceptors (Lipinski definition) is 2. The molecule has 0 atom stereocenters. The van der Waals surface area contributed by atoms with Crippen LogP contribution in [0.3, 0.4) is 0 Å². The second-order valence-electron chi connectivity index (χ2n) is 5.78. The topological polar surface area (TPSA) is 49.4 Å². The number of aryl methyl sites for hydroxylation is 2. The Bertz CT molecular complexity index is 687. The van der Waals surface area contributed by atoms with Gasteiger partial charge in [0.1, 0.15) is 0 Å². The van der Waals surface area contributed by atoms with Crippen molar-refractivity contribution in [3.63, 3.8) is 0 Å². The summed E-state index contributed by atoms with van der Waals surface area (Å²) in [5.74, 6) is -0.259. The Morgan fingerprint density at radius 2 is 1.23 bits per heavy atom. The van der Waals surface area contributed by atoms with Gasteiger partial charge < -0.3 is 5.32 Å². The Morgan fingerprint density at radius 1 is 0.818 bits per heavy atom. The van der Waals surface area contributed by atoms with Gasteiger partial charge >= 0.3 is 6.03 Å². The predicted octanol–water partition coefficient (Wildman–Crippen LogP) is 2.73. The zero-order valence-corrected chi connectivity index (χ0v) is 12.9. The molecule has 0 aliphatic carbocycles. The maximum atomic E-state index is 12.9. The Morgan fingerprint density at radius 3 is 1.55 bits per heavy atom. The minimum absolute atomic E-state index is 0.259. The summed E-state index contributed by atoms with van der Waals surface area (Å²) in [7, 11) is 1.50. The van der Waals surface area contributed by atoms with E-state index in [1.54, 1.807) is 0 Å². The SMILES string of the molecule is Cc1ccc(C2(c3ccc(C)cc3)NC(=O)N(C)C2=O)cc1. The number of carbonyl (C=O) groups is 2. The van der Waals surface area contributed by atoms with Crippen molar-refractivity contribution in [1.82, 2.24) is 10.2 Å². The number of carbonyl (C=O) groups excluding carboxylic acids is 2. The molecule has 112 valence electrons. The third kappa shape index (κ3) is 1.99. The first kappa shape index (κ1) is 14.3. The van der Waals surface area contributed by atoms with Crippen molar-refractivity contribution in [1.29, 1.82) is 0 Å². The van der Waals surface area contributed by atoms with Crippen LogP contribution in [0, 0.1) is 13.8 Å². The summed E-state index contributed by atoms with van der Waals surface area (Å²) in [4.78, 5) is 26.1. The predicted molar refractivity (Wildman–Crippen MR) is 84.4 cm³/mol. The second-order valence-corrected chi connectivity index (χ2v) is 5.78. The van der Waals surface area contributed by atoms with Crippen molar-refractivity contribution >= 4 is 11.9 Å². The first-order chi connectivity index (χ1) is 10.4. The van der Waals surface area contributed by atoms with E-state index in [9.17, 15) is 9.59 Å². The maximum absolute atomic E-state index is 12.9. The normalized spacial score (nSPS) is 16.8. The van der Waals surface area contributed by atoms with Gasteiger partial charge in [0.2, 0.25) is 0 Å². The van der Waals surface area contributed by atoms with E-state index in [4.69, 9.17) is 0 Å². The number of benzene rings is 2. The van der Waals surface area contributed by atoms with Gasteiger partial charge in [-0.2, -0.15) is 0 Å². The summed E-state index contributed by atoms with van der Waals surface area (Å²) >= 11 is 0. The minimum Gasteiger partial charge on any atom is -0.316 e. The summed E-state index contributed by atoms with van der Waals surface area (Å²) in [6.45, 7) is 3.98. The van der Waals surface area contributed by atoms with Crippen molar-refractivity contribution in [2.75, 3.05) is 7.05 Å². The molecule has 1 fully saturated rings. The van der Waals surface area contributed by atoms with Crippen LogP contribution in [0.25, 0.3) is 0 Å². The fraction of sp³-hybridized carbons (Fsp3) is 0.222. The van der Waals surface area contributed by atoms with Crippen molar-refractivity contribution in [3.8, 4) is 0 Å². The average Bonchev–Trinajstić information content (AvgIpc) is 2.74. The lowest BCUT2D eigenvalue weighted by Gasteiger charge is -2.28. The van der Waals surface area contributed by atoms with E-state index >= 15 is 0 Å². The van der Waals surface area contributed by atoms with Crippen molar-refractivity contribution in [2.45, 2.75) is 19.4 Å². The van der Waals surface area contributed by atoms with Crippen molar-refractivity contribution in [2.24, 2.45) is 0 Å². The van der Waals surface area contributed by atoms with Gasteiger partial charge in [-0.3, -0.25) is 9.69 Å². The van der Waals surface area contributed by atoms with Crippen LogP contribution in [0.5, 0.6) is 0 Å². The summed E-state index contributed by atoms with van der Waals surface area (Å²) in [6.07, 6.45) is 0. The fourth-order valence-corrected chi connectivity index (χ4v) is 2.81. The smallest absolute Gasteiger partial charge is 0.316 e. The van der Waals surface area contributed by atoms with Crippen LogP contribution in [0.4, 0.5) is 4.79 Å². The lowest BCUT2D eigenvalue weighted by molar-refractivity contribution is -0.129. The Kier molecular flexibility index (Phi) is 3.24. The Hall–Kier alpha value is -2.62. The van der Waals surface area contributed by atoms with E-state index < -0.39 is 5.54 Å². The number of likely N-dealkylation sites (N-methyl/N-ethyl adjacent to an activating group) is 1. The molecule has 1 aliphatic heterocycles. The van der Waals surface area contributed by atoms with Crippen LogP contribution in [0.2, 0.25) is 0 Å². The molecular formula is C18H18N2O2. The number of nitrogens with one attached hydrogen (secondary N) is 1. The molecule has 4 heteroatoms. The number of rotatable bonds is 2. The van der Waals surface area contributed by atoms with Gasteiger partial charge in [0, 0.05) is 7.05 Å². The molecule has 22 heavy (non-hydrogen) atoms. The number of urea groups is 1. The van der Waals surface area contributed by atoms with Gasteiger partial charge in [-0.1, -0.05) is 59.7 Å². The molecule has 0 radical (unpaired) electrons. The molecule has 0 bridgehead atoms. The lowest BCUT2D eigenvalue weighted by Crippen LogP contribution is -2.44. The highest BCUT2D eigenvalue weighted by atomic mass is 16.2. The van der Waals surface area contributed by atoms with Crippen LogP contribution >= 0.6 is 0 Å². The summed E-state index contributed by atoms with van der Waals surface area (Å²) in [5.41, 5.74) is 2.60. The Balaban J connectivity index is 2.23. The maximum Gasteiger partial charge on any atom is 0.325 e. The molecule has 1 N–H and O–H groups in total. The monoisotopic (exact) mass is 294 g/mol. The fourth-order valence-electron chi connectivity index (χ4n) is 2.81. The van der Waals surface area contributed by atoms with Gasteiger partial charge in [-0.25, -0.2) is 4.79 Å². The van der Waals surface area contributed by atoms with Gasteiger partial charge in [0.05, 0.1) is 0 Å². The first-order valence-electron chi connectivity index (χ1n) is 7.20. The van der Waals surface area contributed by atoms with E-state index in [0.29, 0.717) is 0 Å². The first-order valence-corrected chi connectivity index (χ1v) is 7.20. The standard InChI is InChI=1S/C18H18N2O2/c1-12-4-8-14(9-5-12)18(15-10-6-13(2)7-11-15)16(21)20(3)17(22)19-18/h4-11H,1-3H3,(H,19,22). The zero-order valence-electron chi connectivity index (χ0n) is 12.9. The van der Waals surface area contributed by atoms with Crippen LogP contribution in [-0.4, -0.2) is 23.9 Å². The van der Waals surface area contributed by atoms with Crippen molar-refractivity contribution < 1.29 is 9.59 Å². The highest BCUT2D eigenvalue weighted by Gasteiger charge is 2.52. The molecule has 1 saturated heterocycles. The number of imide groups is 1. The van der Waals surface area contributed by atoms with E-state index in [-0.39, 0.29) is 11.9 Å². The molecule has 1 aliphatic rings. The molecule has 1 heterocycles. The van der Waals surface area contributed by atoms with Crippen molar-refractivity contribution in [3.05, 3.63) is 70.8 Å². The number of amides is 3. The molecule has 0 aromatic heterocycles. The number of nitrogens with zero attached hydrogens (tertiary/aromatic N) is 1. The summed E-state index contributed by atoms with van der Waals surface area (Å²) in [6, 6.07) is 15.0. The molecule has 4 nitrogen and oxygen atoms in total. The van der Waals surface area contributed by atoms with E-state index in [0.717, 1.165) is 27.2 Å². The van der Waals surface area contributed by atoms with Crippen LogP contribution in [-0.2, 0) is 10.3 Å². The van der Waals surface area contributed by atoms with Crippen LogP contribution in [0.1, 0.15) is 22.3 Å². The van der Waals surface area contributed by atoms with Gasteiger partial charge in [-0.15, -0.1) is 0 Å². The lowest BCUT2D eigenvalue weighted by atomic mass is 9.82. The molecule has 2 aromatic rings. The molecular weight excluding hydrogens is 276 g/mol. The van der Waals surface area contributed by atoms with Gasteiger partial charge in [0.25, 0.3) is 5.91 Å². The van der Waals surface area contributed by atoms with Crippen LogP contribution in [0.15, 0.2) is 48.5 Å². The minimum atomic E-state index is -1.15. The van der Waals surface area contributed by atoms with Gasteiger partial charge in [0.15, 0.2) is 5.54 Å². The van der Waals surface area contributed by atoms with E-state index in [1.807, 2.05) is 62.4 Å². The largest absolute Gasteiger partial charge is 0.325 e. The molecule has 0 spiro atoms. The van der Waals surface area contributed by atoms with E-state index in [2.05, 4.69) is 5.32 Å². The zero-order chi connectivity index (χ0) is 15.9. The average molecular weight is 294 g/mol. The van der Waals surface area contributed by atoms with Gasteiger partial charge in [-0.05, 0) is 25.0 Å². The second kappa shape index (κ2) is 4.98. The van der Waals surface area contributed by atoms with Crippen LogP contribution < -0.4 is 5.32 Å². The highest BCUT2D eigenvalue weighted by molar-refractivity contribution is 6.09. The summed E-state index contributed by atoms with van der Waals surface area (Å²) < 4.78 is 0. The third-order valence-corrected chi connectivity index (χ3v) is 4.19. The molecule has 0 saturated carbocycles. The summed E-state index contributed by atoms with van der Waals surface area (Å²) in [5, 5.41) is 2.88. The quantitative estimate of drug-likeness (QED) is 0.866. The highest BCUT2D eigenvalue weighted by Crippen LogP contribution is 2.35. The molecule has 3 rings (SSSR count). The number of hydrogen-bond donors (Lipinski definition) is 1. The molecule has 0 unspecified atom stereocenters. The molecule has 3 amide bonds. The molecule has 2 aromatic carbocycles.